The number of halogens is 1. The van der Waals surface area contributed by atoms with E-state index in [2.05, 4.69) is 38.3 Å². The molecule has 0 atom stereocenters. The van der Waals surface area contributed by atoms with Crippen molar-refractivity contribution in [3.63, 3.8) is 0 Å². The molecule has 3 rings (SSSR count). The predicted octanol–water partition coefficient (Wildman–Crippen LogP) is 2.93. The van der Waals surface area contributed by atoms with Gasteiger partial charge in [-0.05, 0) is 55.8 Å². The van der Waals surface area contributed by atoms with E-state index in [-0.39, 0.29) is 0 Å². The van der Waals surface area contributed by atoms with Crippen LogP contribution in [0.15, 0.2) is 28.2 Å². The molecular weight excluding hydrogens is 356 g/mol. The SMILES string of the molecule is Brc1ccc2c(c1)C=C(CNCCCCN1CCOCC1)CO2. The smallest absolute Gasteiger partial charge is 0.127 e. The maximum absolute atomic E-state index is 5.80. The summed E-state index contributed by atoms with van der Waals surface area (Å²) >= 11 is 3.51. The molecule has 1 aromatic carbocycles. The highest BCUT2D eigenvalue weighted by Gasteiger charge is 2.11. The Labute approximate surface area is 147 Å². The molecule has 23 heavy (non-hydrogen) atoms. The zero-order valence-corrected chi connectivity index (χ0v) is 15.1. The van der Waals surface area contributed by atoms with Crippen molar-refractivity contribution in [3.8, 4) is 5.75 Å². The Morgan fingerprint density at radius 3 is 2.91 bits per heavy atom. The normalized spacial score (nSPS) is 18.2. The molecule has 0 aliphatic carbocycles. The Hall–Kier alpha value is -0.880. The summed E-state index contributed by atoms with van der Waals surface area (Å²) in [6.45, 7) is 7.82. The van der Waals surface area contributed by atoms with Crippen LogP contribution in [0.5, 0.6) is 5.75 Å². The number of morpholine rings is 1. The average Bonchev–Trinajstić information content (AvgIpc) is 2.58. The van der Waals surface area contributed by atoms with Gasteiger partial charge in [0.2, 0.25) is 0 Å². The molecule has 0 unspecified atom stereocenters. The van der Waals surface area contributed by atoms with E-state index in [0.717, 1.165) is 55.2 Å². The molecule has 2 aliphatic rings. The Balaban J connectivity index is 1.33. The van der Waals surface area contributed by atoms with Crippen LogP contribution in [0.2, 0.25) is 0 Å². The van der Waals surface area contributed by atoms with Gasteiger partial charge in [-0.15, -0.1) is 0 Å². The molecule has 2 heterocycles. The summed E-state index contributed by atoms with van der Waals surface area (Å²) in [6.07, 6.45) is 4.70. The zero-order chi connectivity index (χ0) is 15.9. The number of rotatable bonds is 7. The van der Waals surface area contributed by atoms with E-state index in [4.69, 9.17) is 9.47 Å². The first-order valence-electron chi connectivity index (χ1n) is 8.44. The van der Waals surface area contributed by atoms with Crippen molar-refractivity contribution in [2.45, 2.75) is 12.8 Å². The Kier molecular flexibility index (Phi) is 6.51. The fourth-order valence-corrected chi connectivity index (χ4v) is 3.34. The molecule has 126 valence electrons. The van der Waals surface area contributed by atoms with Gasteiger partial charge in [0.1, 0.15) is 12.4 Å². The number of hydrogen-bond donors (Lipinski definition) is 1. The summed E-state index contributed by atoms with van der Waals surface area (Å²) in [5.74, 6) is 0.975. The third kappa shape index (κ3) is 5.31. The fraction of sp³-hybridized carbons (Fsp3) is 0.556. The van der Waals surface area contributed by atoms with E-state index < -0.39 is 0 Å². The lowest BCUT2D eigenvalue weighted by Crippen LogP contribution is -2.37. The molecule has 4 nitrogen and oxygen atoms in total. The highest BCUT2D eigenvalue weighted by atomic mass is 79.9. The summed E-state index contributed by atoms with van der Waals surface area (Å²) in [4.78, 5) is 2.50. The number of hydrogen-bond acceptors (Lipinski definition) is 4. The van der Waals surface area contributed by atoms with Crippen molar-refractivity contribution >= 4 is 22.0 Å². The molecule has 0 bridgehead atoms. The standard InChI is InChI=1S/C18H25BrN2O2/c19-17-3-4-18-16(12-17)11-15(14-23-18)13-20-5-1-2-6-21-7-9-22-10-8-21/h3-4,11-12,20H,1-2,5-10,13-14H2. The van der Waals surface area contributed by atoms with Gasteiger partial charge >= 0.3 is 0 Å². The molecule has 1 aromatic rings. The van der Waals surface area contributed by atoms with E-state index in [1.165, 1.54) is 25.0 Å². The molecule has 0 spiro atoms. The van der Waals surface area contributed by atoms with E-state index >= 15 is 0 Å². The van der Waals surface area contributed by atoms with Crippen LogP contribution in [0.4, 0.5) is 0 Å². The van der Waals surface area contributed by atoms with Crippen molar-refractivity contribution in [1.29, 1.82) is 0 Å². The molecule has 2 aliphatic heterocycles. The minimum Gasteiger partial charge on any atom is -0.489 e. The minimum absolute atomic E-state index is 0.690. The molecule has 5 heteroatoms. The van der Waals surface area contributed by atoms with E-state index in [1.54, 1.807) is 0 Å². The maximum atomic E-state index is 5.80. The van der Waals surface area contributed by atoms with E-state index in [0.29, 0.717) is 6.61 Å². The van der Waals surface area contributed by atoms with Gasteiger partial charge in [0.25, 0.3) is 0 Å². The number of benzene rings is 1. The topological polar surface area (TPSA) is 33.7 Å². The monoisotopic (exact) mass is 380 g/mol. The summed E-state index contributed by atoms with van der Waals surface area (Å²) in [7, 11) is 0. The van der Waals surface area contributed by atoms with Gasteiger partial charge in [-0.3, -0.25) is 4.90 Å². The van der Waals surface area contributed by atoms with Crippen LogP contribution in [0.1, 0.15) is 18.4 Å². The molecule has 0 radical (unpaired) electrons. The second-order valence-corrected chi connectivity index (χ2v) is 7.03. The lowest BCUT2D eigenvalue weighted by atomic mass is 10.1. The Morgan fingerprint density at radius 1 is 1.17 bits per heavy atom. The molecule has 1 fully saturated rings. The van der Waals surface area contributed by atoms with Crippen molar-refractivity contribution in [3.05, 3.63) is 33.8 Å². The predicted molar refractivity (Wildman–Crippen MR) is 97.0 cm³/mol. The summed E-state index contributed by atoms with van der Waals surface area (Å²) in [6, 6.07) is 6.15. The number of nitrogens with zero attached hydrogens (tertiary/aromatic N) is 1. The maximum Gasteiger partial charge on any atom is 0.127 e. The molecule has 1 N–H and O–H groups in total. The molecule has 0 saturated carbocycles. The van der Waals surface area contributed by atoms with Gasteiger partial charge in [0, 0.05) is 29.7 Å². The van der Waals surface area contributed by atoms with Gasteiger partial charge < -0.3 is 14.8 Å². The van der Waals surface area contributed by atoms with Crippen LogP contribution >= 0.6 is 15.9 Å². The lowest BCUT2D eigenvalue weighted by Gasteiger charge is -2.26. The highest BCUT2D eigenvalue weighted by Crippen LogP contribution is 2.28. The number of unbranched alkanes of at least 4 members (excludes halogenated alkanes) is 1. The first kappa shape index (κ1) is 17.0. The number of ether oxygens (including phenoxy) is 2. The van der Waals surface area contributed by atoms with Crippen LogP contribution < -0.4 is 10.1 Å². The van der Waals surface area contributed by atoms with E-state index in [9.17, 15) is 0 Å². The Morgan fingerprint density at radius 2 is 2.04 bits per heavy atom. The van der Waals surface area contributed by atoms with Crippen LogP contribution in [-0.2, 0) is 4.74 Å². The molecule has 0 amide bonds. The quantitative estimate of drug-likeness (QED) is 0.737. The van der Waals surface area contributed by atoms with Crippen LogP contribution in [0.3, 0.4) is 0 Å². The van der Waals surface area contributed by atoms with Crippen molar-refractivity contribution < 1.29 is 9.47 Å². The third-order valence-corrected chi connectivity index (χ3v) is 4.77. The highest BCUT2D eigenvalue weighted by molar-refractivity contribution is 9.10. The number of nitrogens with one attached hydrogen (secondary N) is 1. The first-order valence-corrected chi connectivity index (χ1v) is 9.23. The van der Waals surface area contributed by atoms with Gasteiger partial charge in [-0.2, -0.15) is 0 Å². The summed E-state index contributed by atoms with van der Waals surface area (Å²) in [5, 5.41) is 3.54. The summed E-state index contributed by atoms with van der Waals surface area (Å²) in [5.41, 5.74) is 2.47. The van der Waals surface area contributed by atoms with Crippen LogP contribution in [-0.4, -0.2) is 57.4 Å². The van der Waals surface area contributed by atoms with Crippen LogP contribution in [0.25, 0.3) is 6.08 Å². The van der Waals surface area contributed by atoms with E-state index in [1.807, 2.05) is 12.1 Å². The summed E-state index contributed by atoms with van der Waals surface area (Å²) < 4.78 is 12.3. The van der Waals surface area contributed by atoms with Crippen molar-refractivity contribution in [1.82, 2.24) is 10.2 Å². The van der Waals surface area contributed by atoms with Gasteiger partial charge in [0.15, 0.2) is 0 Å². The zero-order valence-electron chi connectivity index (χ0n) is 13.5. The van der Waals surface area contributed by atoms with Crippen LogP contribution in [0, 0.1) is 0 Å². The Bertz CT molecular complexity index is 542. The van der Waals surface area contributed by atoms with Gasteiger partial charge in [-0.1, -0.05) is 15.9 Å². The van der Waals surface area contributed by atoms with Crippen molar-refractivity contribution in [2.75, 3.05) is 52.5 Å². The van der Waals surface area contributed by atoms with Gasteiger partial charge in [0.05, 0.1) is 13.2 Å². The molecule has 1 saturated heterocycles. The molecule has 0 aromatic heterocycles. The number of fused-ring (bicyclic) bond motifs is 1. The largest absolute Gasteiger partial charge is 0.489 e. The second kappa shape index (κ2) is 8.83. The van der Waals surface area contributed by atoms with Crippen molar-refractivity contribution in [2.24, 2.45) is 0 Å². The second-order valence-electron chi connectivity index (χ2n) is 6.11. The minimum atomic E-state index is 0.690. The third-order valence-electron chi connectivity index (χ3n) is 4.28. The fourth-order valence-electron chi connectivity index (χ4n) is 2.96. The lowest BCUT2D eigenvalue weighted by molar-refractivity contribution is 0.0372. The average molecular weight is 381 g/mol. The van der Waals surface area contributed by atoms with Gasteiger partial charge in [-0.25, -0.2) is 0 Å². The first-order chi connectivity index (χ1) is 11.3. The molecular formula is C18H25BrN2O2.